The summed E-state index contributed by atoms with van der Waals surface area (Å²) in [6.45, 7) is 14.4. The van der Waals surface area contributed by atoms with Crippen molar-refractivity contribution in [3.8, 4) is 0 Å². The molecule has 6 heteroatoms. The smallest absolute Gasteiger partial charge is 0.267 e. The highest BCUT2D eigenvalue weighted by atomic mass is 32.2. The number of sulfonamides is 1. The van der Waals surface area contributed by atoms with Gasteiger partial charge in [0.1, 0.15) is 0 Å². The van der Waals surface area contributed by atoms with E-state index in [0.717, 1.165) is 11.3 Å². The van der Waals surface area contributed by atoms with Crippen LogP contribution in [0.2, 0.25) is 0 Å². The van der Waals surface area contributed by atoms with Crippen LogP contribution in [0.3, 0.4) is 0 Å². The van der Waals surface area contributed by atoms with Crippen LogP contribution in [-0.4, -0.2) is 20.4 Å². The Kier molecular flexibility index (Phi) is 9.22. The molecule has 0 bridgehead atoms. The Morgan fingerprint density at radius 1 is 1.00 bits per heavy atom. The number of aromatic nitrogens is 1. The molecule has 1 aromatic carbocycles. The van der Waals surface area contributed by atoms with Gasteiger partial charge in [-0.05, 0) is 23.1 Å². The molecule has 0 amide bonds. The van der Waals surface area contributed by atoms with Crippen molar-refractivity contribution >= 4 is 27.0 Å². The number of rotatable bonds is 3. The van der Waals surface area contributed by atoms with E-state index >= 15 is 0 Å². The second-order valence-corrected chi connectivity index (χ2v) is 8.60. The van der Waals surface area contributed by atoms with Gasteiger partial charge < -0.3 is 0 Å². The van der Waals surface area contributed by atoms with Gasteiger partial charge in [0.2, 0.25) is 4.34 Å². The average molecular weight is 371 g/mol. The normalized spacial score (nSPS) is 10.8. The van der Waals surface area contributed by atoms with E-state index in [2.05, 4.69) is 25.8 Å². The first-order valence-electron chi connectivity index (χ1n) is 8.22. The third kappa shape index (κ3) is 5.60. The zero-order valence-corrected chi connectivity index (χ0v) is 17.6. The lowest BCUT2D eigenvalue weighted by atomic mass is 9.87. The predicted octanol–water partition coefficient (Wildman–Crippen LogP) is 5.32. The molecule has 2 aromatic rings. The van der Waals surface area contributed by atoms with E-state index in [9.17, 15) is 8.42 Å². The Hall–Kier alpha value is -1.40. The van der Waals surface area contributed by atoms with E-state index in [0.29, 0.717) is 5.69 Å². The zero-order chi connectivity index (χ0) is 19.0. The first kappa shape index (κ1) is 22.6. The molecule has 2 rings (SSSR count). The maximum absolute atomic E-state index is 12.3. The van der Waals surface area contributed by atoms with Crippen LogP contribution in [0.5, 0.6) is 0 Å². The first-order chi connectivity index (χ1) is 11.2. The van der Waals surface area contributed by atoms with Gasteiger partial charge in [0.05, 0.1) is 5.69 Å². The van der Waals surface area contributed by atoms with Gasteiger partial charge in [-0.25, -0.2) is 4.98 Å². The average Bonchev–Trinajstić information content (AvgIpc) is 3.12. The standard InChI is InChI=1S/C14H18N2O2S2.2C2H6/c1-14(2,3)11-5-7-12(8-6-11)16(4)20(17,18)13-15-9-10-19-13;2*1-2/h5-10H,1-4H3;2*1-2H3. The van der Waals surface area contributed by atoms with Crippen molar-refractivity contribution in [3.05, 3.63) is 41.4 Å². The Bertz CT molecular complexity index is 671. The molecule has 1 heterocycles. The molecule has 0 aliphatic carbocycles. The highest BCUT2D eigenvalue weighted by molar-refractivity contribution is 7.94. The van der Waals surface area contributed by atoms with Crippen LogP contribution in [-0.2, 0) is 15.4 Å². The number of benzene rings is 1. The van der Waals surface area contributed by atoms with Crippen molar-refractivity contribution < 1.29 is 8.42 Å². The number of thiazole rings is 1. The number of hydrogen-bond donors (Lipinski definition) is 0. The fraction of sp³-hybridized carbons (Fsp3) is 0.500. The molecule has 1 aromatic heterocycles. The van der Waals surface area contributed by atoms with Gasteiger partial charge >= 0.3 is 0 Å². The summed E-state index contributed by atoms with van der Waals surface area (Å²) in [6, 6.07) is 7.57. The van der Waals surface area contributed by atoms with Gasteiger partial charge in [-0.15, -0.1) is 11.3 Å². The summed E-state index contributed by atoms with van der Waals surface area (Å²) in [5.74, 6) is 0. The molecule has 136 valence electrons. The minimum Gasteiger partial charge on any atom is -0.267 e. The molecule has 0 saturated heterocycles. The summed E-state index contributed by atoms with van der Waals surface area (Å²) in [7, 11) is -2.01. The van der Waals surface area contributed by atoms with E-state index < -0.39 is 10.0 Å². The van der Waals surface area contributed by atoms with Crippen molar-refractivity contribution in [2.24, 2.45) is 0 Å². The maximum Gasteiger partial charge on any atom is 0.291 e. The summed E-state index contributed by atoms with van der Waals surface area (Å²) in [5, 5.41) is 1.66. The number of nitrogens with zero attached hydrogens (tertiary/aromatic N) is 2. The Balaban J connectivity index is 0.00000123. The van der Waals surface area contributed by atoms with Gasteiger partial charge in [-0.1, -0.05) is 60.6 Å². The molecule has 0 spiro atoms. The van der Waals surface area contributed by atoms with Crippen LogP contribution in [0.25, 0.3) is 0 Å². The second kappa shape index (κ2) is 9.79. The number of hydrogen-bond acceptors (Lipinski definition) is 4. The van der Waals surface area contributed by atoms with Crippen molar-refractivity contribution in [2.75, 3.05) is 11.4 Å². The van der Waals surface area contributed by atoms with Crippen LogP contribution >= 0.6 is 11.3 Å². The summed E-state index contributed by atoms with van der Waals surface area (Å²) in [4.78, 5) is 3.88. The van der Waals surface area contributed by atoms with Gasteiger partial charge in [0, 0.05) is 18.6 Å². The third-order valence-corrected chi connectivity index (χ3v) is 6.05. The lowest BCUT2D eigenvalue weighted by Crippen LogP contribution is -2.26. The monoisotopic (exact) mass is 370 g/mol. The molecule has 4 nitrogen and oxygen atoms in total. The minimum absolute atomic E-state index is 0.0469. The van der Waals surface area contributed by atoms with Crippen LogP contribution < -0.4 is 4.31 Å². The van der Waals surface area contributed by atoms with E-state index in [1.807, 2.05) is 52.0 Å². The molecule has 0 N–H and O–H groups in total. The molecule has 0 fully saturated rings. The van der Waals surface area contributed by atoms with Crippen molar-refractivity contribution in [1.29, 1.82) is 0 Å². The quantitative estimate of drug-likeness (QED) is 0.735. The van der Waals surface area contributed by atoms with Crippen molar-refractivity contribution in [1.82, 2.24) is 4.98 Å². The van der Waals surface area contributed by atoms with Gasteiger partial charge in [-0.3, -0.25) is 4.31 Å². The van der Waals surface area contributed by atoms with Crippen LogP contribution in [0.15, 0.2) is 40.2 Å². The lowest BCUT2D eigenvalue weighted by molar-refractivity contribution is 0.590. The molecule has 0 aliphatic rings. The molecule has 0 unspecified atom stereocenters. The summed E-state index contributed by atoms with van der Waals surface area (Å²) in [6.07, 6.45) is 1.49. The third-order valence-electron chi connectivity index (χ3n) is 3.09. The van der Waals surface area contributed by atoms with E-state index in [1.165, 1.54) is 16.1 Å². The minimum atomic E-state index is -3.56. The molecule has 0 saturated carbocycles. The van der Waals surface area contributed by atoms with Gasteiger partial charge in [0.25, 0.3) is 10.0 Å². The van der Waals surface area contributed by atoms with Crippen molar-refractivity contribution in [2.45, 2.75) is 58.2 Å². The SMILES string of the molecule is CC.CC.CN(c1ccc(C(C)(C)C)cc1)S(=O)(=O)c1nccs1. The molecule has 0 radical (unpaired) electrons. The van der Waals surface area contributed by atoms with Crippen LogP contribution in [0, 0.1) is 0 Å². The van der Waals surface area contributed by atoms with E-state index in [1.54, 1.807) is 12.4 Å². The summed E-state index contributed by atoms with van der Waals surface area (Å²) < 4.78 is 26.1. The predicted molar refractivity (Wildman–Crippen MR) is 106 cm³/mol. The molecular formula is C18H30N2O2S2. The molecule has 24 heavy (non-hydrogen) atoms. The highest BCUT2D eigenvalue weighted by Gasteiger charge is 2.24. The Morgan fingerprint density at radius 3 is 1.88 bits per heavy atom. The Labute approximate surface area is 151 Å². The van der Waals surface area contributed by atoms with Gasteiger partial charge in [-0.2, -0.15) is 8.42 Å². The molecular weight excluding hydrogens is 340 g/mol. The lowest BCUT2D eigenvalue weighted by Gasteiger charge is -2.22. The van der Waals surface area contributed by atoms with Crippen molar-refractivity contribution in [3.63, 3.8) is 0 Å². The Morgan fingerprint density at radius 2 is 1.50 bits per heavy atom. The summed E-state index contributed by atoms with van der Waals surface area (Å²) in [5.41, 5.74) is 1.85. The molecule has 0 aliphatic heterocycles. The molecule has 0 atom stereocenters. The second-order valence-electron chi connectivity index (χ2n) is 5.57. The first-order valence-corrected chi connectivity index (χ1v) is 10.5. The van der Waals surface area contributed by atoms with Gasteiger partial charge in [0.15, 0.2) is 0 Å². The topological polar surface area (TPSA) is 50.3 Å². The van der Waals surface area contributed by atoms with E-state index in [4.69, 9.17) is 0 Å². The summed E-state index contributed by atoms with van der Waals surface area (Å²) >= 11 is 1.12. The fourth-order valence-electron chi connectivity index (χ4n) is 1.77. The zero-order valence-electron chi connectivity index (χ0n) is 16.0. The highest BCUT2D eigenvalue weighted by Crippen LogP contribution is 2.27. The van der Waals surface area contributed by atoms with Crippen LogP contribution in [0.1, 0.15) is 54.0 Å². The fourth-order valence-corrected chi connectivity index (χ4v) is 3.94. The maximum atomic E-state index is 12.3. The van der Waals surface area contributed by atoms with Crippen LogP contribution in [0.4, 0.5) is 5.69 Å². The van der Waals surface area contributed by atoms with E-state index in [-0.39, 0.29) is 9.75 Å². The largest absolute Gasteiger partial charge is 0.291 e. The number of anilines is 1.